The van der Waals surface area contributed by atoms with Crippen molar-refractivity contribution < 1.29 is 14.3 Å². The zero-order chi connectivity index (χ0) is 23.5. The van der Waals surface area contributed by atoms with Gasteiger partial charge in [0.2, 0.25) is 0 Å². The van der Waals surface area contributed by atoms with Gasteiger partial charge in [0.05, 0.1) is 31.5 Å². The highest BCUT2D eigenvalue weighted by Gasteiger charge is 2.34. The number of fused-ring (bicyclic) bond motifs is 1. The van der Waals surface area contributed by atoms with E-state index in [4.69, 9.17) is 14.6 Å². The first-order valence-corrected chi connectivity index (χ1v) is 11.9. The van der Waals surface area contributed by atoms with Gasteiger partial charge in [0.1, 0.15) is 5.75 Å². The third-order valence-corrected chi connectivity index (χ3v) is 6.98. The Morgan fingerprint density at radius 1 is 0.971 bits per heavy atom. The summed E-state index contributed by atoms with van der Waals surface area (Å²) in [6.07, 6.45) is 2.89. The van der Waals surface area contributed by atoms with E-state index in [9.17, 15) is 4.79 Å². The highest BCUT2D eigenvalue weighted by atomic mass is 16.5. The van der Waals surface area contributed by atoms with E-state index < -0.39 is 0 Å². The highest BCUT2D eigenvalue weighted by Crippen LogP contribution is 2.34. The van der Waals surface area contributed by atoms with Gasteiger partial charge in [0.15, 0.2) is 0 Å². The third-order valence-electron chi connectivity index (χ3n) is 6.98. The summed E-state index contributed by atoms with van der Waals surface area (Å²) < 4.78 is 10.8. The van der Waals surface area contributed by atoms with Gasteiger partial charge in [-0.2, -0.15) is 5.10 Å². The molecule has 1 fully saturated rings. The molecule has 0 saturated carbocycles. The Hall–Kier alpha value is -3.22. The topological polar surface area (TPSA) is 54.4 Å². The van der Waals surface area contributed by atoms with Crippen molar-refractivity contribution in [3.63, 3.8) is 0 Å². The molecule has 176 valence electrons. The van der Waals surface area contributed by atoms with Crippen molar-refractivity contribution in [2.45, 2.75) is 31.4 Å². The first-order valence-electron chi connectivity index (χ1n) is 11.9. The third kappa shape index (κ3) is 4.69. The molecule has 34 heavy (non-hydrogen) atoms. The molecule has 2 heterocycles. The van der Waals surface area contributed by atoms with Crippen LogP contribution in [0.4, 0.5) is 0 Å². The fourth-order valence-corrected chi connectivity index (χ4v) is 4.94. The van der Waals surface area contributed by atoms with Crippen molar-refractivity contribution in [1.82, 2.24) is 9.91 Å². The van der Waals surface area contributed by atoms with Crippen LogP contribution in [0.5, 0.6) is 5.75 Å². The van der Waals surface area contributed by atoms with Crippen molar-refractivity contribution in [1.29, 1.82) is 0 Å². The number of rotatable bonds is 6. The van der Waals surface area contributed by atoms with Crippen LogP contribution in [0.1, 0.15) is 36.4 Å². The second-order valence-corrected chi connectivity index (χ2v) is 9.05. The quantitative estimate of drug-likeness (QED) is 0.541. The molecule has 0 spiro atoms. The molecule has 1 unspecified atom stereocenters. The molecule has 2 aliphatic rings. The minimum Gasteiger partial charge on any atom is -0.497 e. The zero-order valence-electron chi connectivity index (χ0n) is 19.8. The number of hydrogen-bond acceptors (Lipinski definition) is 5. The molecule has 1 saturated heterocycles. The van der Waals surface area contributed by atoms with E-state index in [-0.39, 0.29) is 11.9 Å². The molecule has 0 bridgehead atoms. The molecule has 5 rings (SSSR count). The summed E-state index contributed by atoms with van der Waals surface area (Å²) in [5, 5.41) is 8.96. The van der Waals surface area contributed by atoms with E-state index in [0.717, 1.165) is 48.5 Å². The van der Waals surface area contributed by atoms with Gasteiger partial charge in [-0.15, -0.1) is 0 Å². The maximum Gasteiger partial charge on any atom is 0.257 e. The predicted octanol–water partition coefficient (Wildman–Crippen LogP) is 4.64. The van der Waals surface area contributed by atoms with Crippen LogP contribution in [0.25, 0.3) is 10.8 Å². The standard InChI is InChI=1S/C28H31N3O3/c1-33-24-11-9-21(10-12-24)27-18-26(23-8-7-20-5-3-4-6-22(20)17-23)29-31(27)28(32)19-30-15-13-25(34-2)14-16-30/h3-12,17,25,27H,13-16,18-19H2,1-2H3. The molecule has 3 aromatic rings. The van der Waals surface area contributed by atoms with Crippen LogP contribution in [0, 0.1) is 0 Å². The SMILES string of the molecule is COc1ccc(C2CC(c3ccc4ccccc4c3)=NN2C(=O)CN2CCC(OC)CC2)cc1. The van der Waals surface area contributed by atoms with Gasteiger partial charge in [-0.05, 0) is 52.9 Å². The monoisotopic (exact) mass is 457 g/mol. The summed E-state index contributed by atoms with van der Waals surface area (Å²) in [7, 11) is 3.42. The van der Waals surface area contributed by atoms with Crippen LogP contribution in [-0.2, 0) is 9.53 Å². The first-order chi connectivity index (χ1) is 16.6. The molecule has 6 heteroatoms. The highest BCUT2D eigenvalue weighted by molar-refractivity contribution is 6.05. The average Bonchev–Trinajstić information content (AvgIpc) is 3.35. The largest absolute Gasteiger partial charge is 0.497 e. The number of carbonyl (C=O) groups excluding carboxylic acids is 1. The summed E-state index contributed by atoms with van der Waals surface area (Å²) in [6, 6.07) is 22.5. The molecule has 3 aromatic carbocycles. The van der Waals surface area contributed by atoms with E-state index in [2.05, 4.69) is 35.2 Å². The van der Waals surface area contributed by atoms with Crippen LogP contribution in [0.2, 0.25) is 0 Å². The Morgan fingerprint density at radius 3 is 2.41 bits per heavy atom. The van der Waals surface area contributed by atoms with Crippen molar-refractivity contribution >= 4 is 22.4 Å². The van der Waals surface area contributed by atoms with Gasteiger partial charge < -0.3 is 9.47 Å². The number of ether oxygens (including phenoxy) is 2. The van der Waals surface area contributed by atoms with Crippen LogP contribution < -0.4 is 4.74 Å². The van der Waals surface area contributed by atoms with Gasteiger partial charge in [0.25, 0.3) is 5.91 Å². The number of likely N-dealkylation sites (tertiary alicyclic amines) is 1. The number of nitrogens with zero attached hydrogens (tertiary/aromatic N) is 3. The molecule has 6 nitrogen and oxygen atoms in total. The Morgan fingerprint density at radius 2 is 1.71 bits per heavy atom. The summed E-state index contributed by atoms with van der Waals surface area (Å²) in [4.78, 5) is 15.7. The summed E-state index contributed by atoms with van der Waals surface area (Å²) in [5.74, 6) is 0.837. The van der Waals surface area contributed by atoms with E-state index in [1.165, 1.54) is 10.8 Å². The number of amides is 1. The lowest BCUT2D eigenvalue weighted by Crippen LogP contribution is -2.43. The lowest BCUT2D eigenvalue weighted by Gasteiger charge is -2.32. The van der Waals surface area contributed by atoms with Crippen molar-refractivity contribution in [3.8, 4) is 5.75 Å². The first kappa shape index (κ1) is 22.6. The number of hydrazone groups is 1. The summed E-state index contributed by atoms with van der Waals surface area (Å²) >= 11 is 0. The van der Waals surface area contributed by atoms with Crippen molar-refractivity contribution in [3.05, 3.63) is 77.9 Å². The molecule has 0 aliphatic carbocycles. The second-order valence-electron chi connectivity index (χ2n) is 9.05. The van der Waals surface area contributed by atoms with Crippen molar-refractivity contribution in [2.75, 3.05) is 33.9 Å². The fourth-order valence-electron chi connectivity index (χ4n) is 4.94. The van der Waals surface area contributed by atoms with E-state index in [1.807, 2.05) is 36.4 Å². The normalized spacial score (nSPS) is 19.4. The molecule has 1 atom stereocenters. The molecule has 1 amide bonds. The number of benzene rings is 3. The van der Waals surface area contributed by atoms with Gasteiger partial charge in [-0.25, -0.2) is 5.01 Å². The van der Waals surface area contributed by atoms with Crippen LogP contribution in [0.3, 0.4) is 0 Å². The molecule has 0 radical (unpaired) electrons. The van der Waals surface area contributed by atoms with Crippen molar-refractivity contribution in [2.24, 2.45) is 5.10 Å². The Bertz CT molecular complexity index is 1180. The lowest BCUT2D eigenvalue weighted by atomic mass is 9.97. The number of carbonyl (C=O) groups is 1. The summed E-state index contributed by atoms with van der Waals surface area (Å²) in [5.41, 5.74) is 3.07. The average molecular weight is 458 g/mol. The molecular formula is C28H31N3O3. The molecule has 0 aromatic heterocycles. The smallest absolute Gasteiger partial charge is 0.257 e. The Balaban J connectivity index is 1.41. The minimum atomic E-state index is -0.128. The second kappa shape index (κ2) is 9.95. The fraction of sp³-hybridized carbons (Fsp3) is 0.357. The lowest BCUT2D eigenvalue weighted by molar-refractivity contribution is -0.134. The maximum atomic E-state index is 13.5. The number of piperidine rings is 1. The molecular weight excluding hydrogens is 426 g/mol. The van der Waals surface area contributed by atoms with Crippen LogP contribution >= 0.6 is 0 Å². The van der Waals surface area contributed by atoms with Crippen LogP contribution in [0.15, 0.2) is 71.8 Å². The van der Waals surface area contributed by atoms with Gasteiger partial charge in [0, 0.05) is 26.6 Å². The van der Waals surface area contributed by atoms with Crippen LogP contribution in [-0.4, -0.2) is 61.5 Å². The molecule has 0 N–H and O–H groups in total. The van der Waals surface area contributed by atoms with Gasteiger partial charge >= 0.3 is 0 Å². The van der Waals surface area contributed by atoms with E-state index in [0.29, 0.717) is 19.1 Å². The predicted molar refractivity (Wildman–Crippen MR) is 134 cm³/mol. The van der Waals surface area contributed by atoms with Gasteiger partial charge in [-0.3, -0.25) is 9.69 Å². The number of hydrogen-bond donors (Lipinski definition) is 0. The van der Waals surface area contributed by atoms with E-state index >= 15 is 0 Å². The van der Waals surface area contributed by atoms with Gasteiger partial charge in [-0.1, -0.05) is 48.5 Å². The minimum absolute atomic E-state index is 0.0347. The Labute approximate surface area is 200 Å². The zero-order valence-corrected chi connectivity index (χ0v) is 19.8. The molecule has 2 aliphatic heterocycles. The summed E-state index contributed by atoms with van der Waals surface area (Å²) in [6.45, 7) is 2.11. The number of methoxy groups -OCH3 is 2. The maximum absolute atomic E-state index is 13.5. The van der Waals surface area contributed by atoms with E-state index in [1.54, 1.807) is 19.2 Å². The Kier molecular flexibility index (Phi) is 6.61.